The number of carbonyl (C=O) groups excluding carboxylic acids is 1. The molecule has 0 fully saturated rings. The van der Waals surface area contributed by atoms with Gasteiger partial charge in [-0.2, -0.15) is 11.8 Å². The zero-order chi connectivity index (χ0) is 9.40. The Bertz CT molecular complexity index is 132. The van der Waals surface area contributed by atoms with Gasteiger partial charge in [0.05, 0.1) is 6.04 Å². The summed E-state index contributed by atoms with van der Waals surface area (Å²) >= 11 is 1.69. The maximum atomic E-state index is 11.1. The Hall–Kier alpha value is -0.260. The molecule has 12 heavy (non-hydrogen) atoms. The number of carbonyl (C=O) groups is 1. The number of hydrogen-bond donors (Lipinski definition) is 3. The Labute approximate surface area is 77.4 Å². The van der Waals surface area contributed by atoms with E-state index in [-0.39, 0.29) is 11.9 Å². The zero-order valence-electron chi connectivity index (χ0n) is 7.38. The summed E-state index contributed by atoms with van der Waals surface area (Å²) in [5.74, 6) is 0.812. The summed E-state index contributed by atoms with van der Waals surface area (Å²) in [5.41, 5.74) is 10.8. The maximum Gasteiger partial charge on any atom is 0.236 e. The van der Waals surface area contributed by atoms with Gasteiger partial charge in [0.2, 0.25) is 5.91 Å². The van der Waals surface area contributed by atoms with E-state index >= 15 is 0 Å². The molecule has 0 aromatic rings. The molecular formula is C7H17N3OS. The minimum absolute atomic E-state index is 0.102. The van der Waals surface area contributed by atoms with Crippen LogP contribution >= 0.6 is 11.8 Å². The van der Waals surface area contributed by atoms with Crippen molar-refractivity contribution >= 4 is 17.7 Å². The molecular weight excluding hydrogens is 174 g/mol. The molecule has 0 aromatic carbocycles. The van der Waals surface area contributed by atoms with Crippen LogP contribution in [-0.2, 0) is 4.79 Å². The second-order valence-corrected chi connectivity index (χ2v) is 3.45. The number of hydrogen-bond acceptors (Lipinski definition) is 4. The van der Waals surface area contributed by atoms with Crippen molar-refractivity contribution in [1.29, 1.82) is 0 Å². The average Bonchev–Trinajstić information content (AvgIpc) is 2.10. The topological polar surface area (TPSA) is 81.1 Å². The van der Waals surface area contributed by atoms with E-state index in [0.717, 1.165) is 12.2 Å². The maximum absolute atomic E-state index is 11.1. The first-order valence-corrected chi connectivity index (χ1v) is 5.34. The molecule has 0 saturated heterocycles. The summed E-state index contributed by atoms with van der Waals surface area (Å²) in [5, 5.41) is 2.64. The third-order valence-electron chi connectivity index (χ3n) is 1.41. The van der Waals surface area contributed by atoms with Crippen LogP contribution < -0.4 is 16.8 Å². The number of rotatable bonds is 6. The lowest BCUT2D eigenvalue weighted by molar-refractivity contribution is -0.122. The number of nitrogens with two attached hydrogens (primary N) is 2. The van der Waals surface area contributed by atoms with Gasteiger partial charge in [-0.15, -0.1) is 0 Å². The first-order chi connectivity index (χ1) is 5.72. The van der Waals surface area contributed by atoms with E-state index in [0.29, 0.717) is 13.1 Å². The Morgan fingerprint density at radius 3 is 2.83 bits per heavy atom. The standard InChI is InChI=1S/C7H17N3OS/c1-12-5-2-6(9)7(11)10-4-3-8/h6H,2-5,8-9H2,1H3,(H,10,11)/t6-/m0/s1. The quantitative estimate of drug-likeness (QED) is 0.510. The van der Waals surface area contributed by atoms with Crippen molar-refractivity contribution in [2.75, 3.05) is 25.1 Å². The highest BCUT2D eigenvalue weighted by atomic mass is 32.2. The van der Waals surface area contributed by atoms with Crippen LogP contribution in [0.25, 0.3) is 0 Å². The van der Waals surface area contributed by atoms with Gasteiger partial charge in [0.15, 0.2) is 0 Å². The predicted octanol–water partition coefficient (Wildman–Crippen LogP) is -0.858. The van der Waals surface area contributed by atoms with Crippen molar-refractivity contribution in [2.45, 2.75) is 12.5 Å². The van der Waals surface area contributed by atoms with Crippen molar-refractivity contribution in [3.8, 4) is 0 Å². The highest BCUT2D eigenvalue weighted by molar-refractivity contribution is 7.98. The molecule has 4 nitrogen and oxygen atoms in total. The van der Waals surface area contributed by atoms with Gasteiger partial charge in [0.25, 0.3) is 0 Å². The lowest BCUT2D eigenvalue weighted by Crippen LogP contribution is -2.42. The van der Waals surface area contributed by atoms with Crippen molar-refractivity contribution < 1.29 is 4.79 Å². The van der Waals surface area contributed by atoms with Gasteiger partial charge in [-0.1, -0.05) is 0 Å². The lowest BCUT2D eigenvalue weighted by atomic mass is 10.2. The third kappa shape index (κ3) is 5.40. The molecule has 5 N–H and O–H groups in total. The molecule has 0 aromatic heterocycles. The first kappa shape index (κ1) is 11.7. The largest absolute Gasteiger partial charge is 0.353 e. The normalized spacial score (nSPS) is 12.6. The summed E-state index contributed by atoms with van der Waals surface area (Å²) in [6.45, 7) is 0.965. The number of thioether (sulfide) groups is 1. The molecule has 0 aliphatic rings. The molecule has 5 heteroatoms. The van der Waals surface area contributed by atoms with Gasteiger partial charge in [-0.05, 0) is 18.4 Å². The van der Waals surface area contributed by atoms with E-state index in [9.17, 15) is 4.79 Å². The monoisotopic (exact) mass is 191 g/mol. The average molecular weight is 191 g/mol. The van der Waals surface area contributed by atoms with E-state index in [1.165, 1.54) is 0 Å². The summed E-state index contributed by atoms with van der Waals surface area (Å²) in [6, 6.07) is -0.385. The molecule has 0 rings (SSSR count). The van der Waals surface area contributed by atoms with E-state index in [2.05, 4.69) is 5.32 Å². The SMILES string of the molecule is CSCC[C@H](N)C(=O)NCCN. The molecule has 0 aliphatic carbocycles. The first-order valence-electron chi connectivity index (χ1n) is 3.94. The molecule has 0 unspecified atom stereocenters. The van der Waals surface area contributed by atoms with Gasteiger partial charge in [-0.25, -0.2) is 0 Å². The Morgan fingerprint density at radius 2 is 2.33 bits per heavy atom. The summed E-state index contributed by atoms with van der Waals surface area (Å²) in [6.07, 6.45) is 2.71. The highest BCUT2D eigenvalue weighted by Gasteiger charge is 2.10. The van der Waals surface area contributed by atoms with E-state index < -0.39 is 0 Å². The van der Waals surface area contributed by atoms with Gasteiger partial charge in [0.1, 0.15) is 0 Å². The van der Waals surface area contributed by atoms with E-state index in [1.54, 1.807) is 11.8 Å². The second-order valence-electron chi connectivity index (χ2n) is 2.47. The van der Waals surface area contributed by atoms with Crippen LogP contribution in [0.5, 0.6) is 0 Å². The van der Waals surface area contributed by atoms with Gasteiger partial charge in [0, 0.05) is 13.1 Å². The van der Waals surface area contributed by atoms with E-state index in [1.807, 2.05) is 6.26 Å². The minimum atomic E-state index is -0.385. The van der Waals surface area contributed by atoms with Crippen LogP contribution in [0.2, 0.25) is 0 Å². The van der Waals surface area contributed by atoms with Crippen molar-refractivity contribution in [1.82, 2.24) is 5.32 Å². The Morgan fingerprint density at radius 1 is 1.67 bits per heavy atom. The zero-order valence-corrected chi connectivity index (χ0v) is 8.19. The third-order valence-corrected chi connectivity index (χ3v) is 2.06. The van der Waals surface area contributed by atoms with Crippen LogP contribution in [0.3, 0.4) is 0 Å². The van der Waals surface area contributed by atoms with Gasteiger partial charge in [-0.3, -0.25) is 4.79 Å². The Kier molecular flexibility index (Phi) is 7.23. The minimum Gasteiger partial charge on any atom is -0.353 e. The van der Waals surface area contributed by atoms with Crippen LogP contribution in [-0.4, -0.2) is 37.0 Å². The molecule has 0 bridgehead atoms. The van der Waals surface area contributed by atoms with Crippen molar-refractivity contribution in [2.24, 2.45) is 11.5 Å². The molecule has 1 amide bonds. The molecule has 0 saturated carbocycles. The highest BCUT2D eigenvalue weighted by Crippen LogP contribution is 1.98. The summed E-state index contributed by atoms with van der Waals surface area (Å²) in [7, 11) is 0. The van der Waals surface area contributed by atoms with Crippen LogP contribution in [0.1, 0.15) is 6.42 Å². The van der Waals surface area contributed by atoms with Gasteiger partial charge < -0.3 is 16.8 Å². The van der Waals surface area contributed by atoms with Crippen LogP contribution in [0, 0.1) is 0 Å². The van der Waals surface area contributed by atoms with Crippen molar-refractivity contribution in [3.63, 3.8) is 0 Å². The fourth-order valence-electron chi connectivity index (χ4n) is 0.702. The fourth-order valence-corrected chi connectivity index (χ4v) is 1.19. The molecule has 0 spiro atoms. The van der Waals surface area contributed by atoms with Crippen LogP contribution in [0.15, 0.2) is 0 Å². The van der Waals surface area contributed by atoms with Crippen molar-refractivity contribution in [3.05, 3.63) is 0 Å². The second kappa shape index (κ2) is 7.39. The Balaban J connectivity index is 3.47. The molecule has 72 valence electrons. The van der Waals surface area contributed by atoms with Crippen LogP contribution in [0.4, 0.5) is 0 Å². The molecule has 1 atom stereocenters. The lowest BCUT2D eigenvalue weighted by Gasteiger charge is -2.10. The number of amides is 1. The predicted molar refractivity (Wildman–Crippen MR) is 53.0 cm³/mol. The smallest absolute Gasteiger partial charge is 0.236 e. The summed E-state index contributed by atoms with van der Waals surface area (Å²) < 4.78 is 0. The number of nitrogens with one attached hydrogen (secondary N) is 1. The molecule has 0 aliphatic heterocycles. The van der Waals surface area contributed by atoms with E-state index in [4.69, 9.17) is 11.5 Å². The fraction of sp³-hybridized carbons (Fsp3) is 0.857. The molecule has 0 radical (unpaired) electrons. The molecule has 0 heterocycles. The van der Waals surface area contributed by atoms with Gasteiger partial charge >= 0.3 is 0 Å². The summed E-state index contributed by atoms with van der Waals surface area (Å²) in [4.78, 5) is 11.1.